The third kappa shape index (κ3) is 4.84. The number of hydrogen-bond acceptors (Lipinski definition) is 1. The van der Waals surface area contributed by atoms with E-state index in [9.17, 15) is 18.0 Å². The zero-order valence-electron chi connectivity index (χ0n) is 16.2. The molecule has 0 aliphatic heterocycles. The third-order valence-electron chi connectivity index (χ3n) is 5.75. The van der Waals surface area contributed by atoms with Crippen LogP contribution < -0.4 is 0 Å². The van der Waals surface area contributed by atoms with Gasteiger partial charge in [-0.15, -0.1) is 0 Å². The average Bonchev–Trinajstić information content (AvgIpc) is 3.12. The molecule has 0 radical (unpaired) electrons. The second-order valence-corrected chi connectivity index (χ2v) is 7.77. The highest BCUT2D eigenvalue weighted by molar-refractivity contribution is 5.88. The van der Waals surface area contributed by atoms with E-state index in [0.717, 1.165) is 37.8 Å². The maximum absolute atomic E-state index is 13.0. The molecule has 0 saturated heterocycles. The van der Waals surface area contributed by atoms with Gasteiger partial charge in [0.1, 0.15) is 5.78 Å². The van der Waals surface area contributed by atoms with Gasteiger partial charge in [-0.1, -0.05) is 80.0 Å². The number of halogens is 3. The molecule has 150 valence electrons. The summed E-state index contributed by atoms with van der Waals surface area (Å²) < 4.78 is 39.1. The molecule has 3 atom stereocenters. The number of carbonyl (C=O) groups excluding carboxylic acids is 1. The van der Waals surface area contributed by atoms with Gasteiger partial charge in [-0.3, -0.25) is 4.79 Å². The summed E-state index contributed by atoms with van der Waals surface area (Å²) in [4.78, 5) is 13.0. The molecule has 0 heterocycles. The first-order valence-electron chi connectivity index (χ1n) is 10.1. The Kier molecular flexibility index (Phi) is 6.58. The Morgan fingerprint density at radius 2 is 1.82 bits per heavy atom. The van der Waals surface area contributed by atoms with E-state index in [-0.39, 0.29) is 17.6 Å². The SMILES string of the molecule is CCCCCC1=CC(C(=O)C2C=C(C(F)(F)F)C=CC2)CC1c1ccccc1. The molecule has 0 amide bonds. The van der Waals surface area contributed by atoms with Crippen LogP contribution in [0.1, 0.15) is 56.9 Å². The molecular formula is C24H27F3O. The number of carbonyl (C=O) groups is 1. The molecule has 2 aliphatic carbocycles. The minimum absolute atomic E-state index is 0.0856. The minimum atomic E-state index is -4.40. The van der Waals surface area contributed by atoms with Crippen molar-refractivity contribution in [1.82, 2.24) is 0 Å². The van der Waals surface area contributed by atoms with Crippen molar-refractivity contribution < 1.29 is 18.0 Å². The molecule has 0 spiro atoms. The highest BCUT2D eigenvalue weighted by Gasteiger charge is 2.38. The monoisotopic (exact) mass is 388 g/mol. The number of ketones is 1. The van der Waals surface area contributed by atoms with Crippen LogP contribution in [-0.4, -0.2) is 12.0 Å². The summed E-state index contributed by atoms with van der Waals surface area (Å²) in [6.07, 6.45) is 6.63. The van der Waals surface area contributed by atoms with Crippen molar-refractivity contribution in [2.24, 2.45) is 11.8 Å². The molecular weight excluding hydrogens is 361 g/mol. The van der Waals surface area contributed by atoms with Crippen molar-refractivity contribution in [3.8, 4) is 0 Å². The van der Waals surface area contributed by atoms with E-state index in [4.69, 9.17) is 0 Å². The van der Waals surface area contributed by atoms with E-state index in [1.54, 1.807) is 0 Å². The molecule has 1 nitrogen and oxygen atoms in total. The molecule has 0 bridgehead atoms. The quantitative estimate of drug-likeness (QED) is 0.366. The fourth-order valence-corrected chi connectivity index (χ4v) is 4.26. The van der Waals surface area contributed by atoms with Crippen LogP contribution in [0.2, 0.25) is 0 Å². The van der Waals surface area contributed by atoms with Crippen molar-refractivity contribution >= 4 is 5.78 Å². The largest absolute Gasteiger partial charge is 0.416 e. The summed E-state index contributed by atoms with van der Waals surface area (Å²) in [5.74, 6) is -0.881. The van der Waals surface area contributed by atoms with E-state index in [0.29, 0.717) is 12.8 Å². The number of allylic oxidation sites excluding steroid dienone is 6. The number of hydrogen-bond donors (Lipinski definition) is 0. The Balaban J connectivity index is 1.78. The van der Waals surface area contributed by atoms with Gasteiger partial charge in [-0.25, -0.2) is 0 Å². The molecule has 0 saturated carbocycles. The van der Waals surface area contributed by atoms with Crippen LogP contribution in [0.5, 0.6) is 0 Å². The van der Waals surface area contributed by atoms with Crippen LogP contribution in [0.25, 0.3) is 0 Å². The Morgan fingerprint density at radius 1 is 1.07 bits per heavy atom. The Bertz CT molecular complexity index is 771. The second-order valence-electron chi connectivity index (χ2n) is 7.77. The number of benzene rings is 1. The first-order chi connectivity index (χ1) is 13.4. The molecule has 4 heteroatoms. The number of Topliss-reactive ketones (excluding diaryl/α,β-unsaturated/α-hetero) is 1. The summed E-state index contributed by atoms with van der Waals surface area (Å²) >= 11 is 0. The van der Waals surface area contributed by atoms with Crippen molar-refractivity contribution in [1.29, 1.82) is 0 Å². The maximum Gasteiger partial charge on any atom is 0.416 e. The first kappa shape index (κ1) is 20.6. The van der Waals surface area contributed by atoms with E-state index in [1.165, 1.54) is 17.2 Å². The lowest BCUT2D eigenvalue weighted by Crippen LogP contribution is -2.23. The van der Waals surface area contributed by atoms with E-state index >= 15 is 0 Å². The smallest absolute Gasteiger partial charge is 0.298 e. The number of alkyl halides is 3. The van der Waals surface area contributed by atoms with Gasteiger partial charge in [0.25, 0.3) is 0 Å². The lowest BCUT2D eigenvalue weighted by Gasteiger charge is -2.20. The van der Waals surface area contributed by atoms with Gasteiger partial charge >= 0.3 is 6.18 Å². The lowest BCUT2D eigenvalue weighted by atomic mass is 9.83. The number of unbranched alkanes of at least 4 members (excludes halogenated alkanes) is 2. The van der Waals surface area contributed by atoms with Crippen molar-refractivity contribution in [2.75, 3.05) is 0 Å². The van der Waals surface area contributed by atoms with Crippen LogP contribution >= 0.6 is 0 Å². The van der Waals surface area contributed by atoms with E-state index < -0.39 is 17.7 Å². The Hall–Kier alpha value is -2.10. The molecule has 0 N–H and O–H groups in total. The highest BCUT2D eigenvalue weighted by Crippen LogP contribution is 2.43. The number of rotatable bonds is 7. The highest BCUT2D eigenvalue weighted by atomic mass is 19.4. The molecule has 2 aliphatic rings. The zero-order chi connectivity index (χ0) is 20.1. The predicted octanol–water partition coefficient (Wildman–Crippen LogP) is 6.93. The Labute approximate surface area is 165 Å². The van der Waals surface area contributed by atoms with Gasteiger partial charge in [-0.2, -0.15) is 13.2 Å². The van der Waals surface area contributed by atoms with Crippen LogP contribution in [0.15, 0.2) is 65.8 Å². The Morgan fingerprint density at radius 3 is 2.50 bits per heavy atom. The summed E-state index contributed by atoms with van der Waals surface area (Å²) in [6, 6.07) is 10.1. The van der Waals surface area contributed by atoms with Gasteiger partial charge in [0, 0.05) is 17.8 Å². The van der Waals surface area contributed by atoms with Crippen LogP contribution in [0.3, 0.4) is 0 Å². The fraction of sp³-hybridized carbons (Fsp3) is 0.458. The first-order valence-corrected chi connectivity index (χ1v) is 10.1. The topological polar surface area (TPSA) is 17.1 Å². The van der Waals surface area contributed by atoms with Crippen molar-refractivity contribution in [3.63, 3.8) is 0 Å². The van der Waals surface area contributed by atoms with Crippen LogP contribution in [0.4, 0.5) is 13.2 Å². The van der Waals surface area contributed by atoms with Crippen LogP contribution in [0, 0.1) is 11.8 Å². The fourth-order valence-electron chi connectivity index (χ4n) is 4.26. The van der Waals surface area contributed by atoms with Gasteiger partial charge in [0.05, 0.1) is 5.57 Å². The average molecular weight is 388 g/mol. The van der Waals surface area contributed by atoms with Crippen molar-refractivity contribution in [3.05, 3.63) is 71.3 Å². The maximum atomic E-state index is 13.0. The van der Waals surface area contributed by atoms with Gasteiger partial charge in [0.2, 0.25) is 0 Å². The van der Waals surface area contributed by atoms with Gasteiger partial charge < -0.3 is 0 Å². The zero-order valence-corrected chi connectivity index (χ0v) is 16.2. The van der Waals surface area contributed by atoms with Gasteiger partial charge in [-0.05, 0) is 31.2 Å². The van der Waals surface area contributed by atoms with Crippen molar-refractivity contribution in [2.45, 2.75) is 57.5 Å². The van der Waals surface area contributed by atoms with E-state index in [1.807, 2.05) is 18.2 Å². The molecule has 0 fully saturated rings. The molecule has 3 unspecified atom stereocenters. The molecule has 1 aromatic carbocycles. The minimum Gasteiger partial charge on any atom is -0.298 e. The van der Waals surface area contributed by atoms with E-state index in [2.05, 4.69) is 25.1 Å². The van der Waals surface area contributed by atoms with Crippen LogP contribution in [-0.2, 0) is 4.79 Å². The normalized spacial score (nSPS) is 24.8. The summed E-state index contributed by atoms with van der Waals surface area (Å²) in [5, 5.41) is 0. The summed E-state index contributed by atoms with van der Waals surface area (Å²) in [6.45, 7) is 2.16. The third-order valence-corrected chi connectivity index (χ3v) is 5.75. The summed E-state index contributed by atoms with van der Waals surface area (Å²) in [7, 11) is 0. The van der Waals surface area contributed by atoms with Gasteiger partial charge in [0.15, 0.2) is 0 Å². The predicted molar refractivity (Wildman–Crippen MR) is 106 cm³/mol. The standard InChI is InChI=1S/C24H27F3O/c1-2-3-5-11-18-14-20(16-22(18)17-9-6-4-7-10-17)23(28)19-12-8-13-21(15-19)24(25,26)27/h4,6-10,13-15,19-20,22H,2-3,5,11-12,16H2,1H3. The molecule has 1 aromatic rings. The lowest BCUT2D eigenvalue weighted by molar-refractivity contribution is -0.124. The molecule has 28 heavy (non-hydrogen) atoms. The molecule has 0 aromatic heterocycles. The molecule has 3 rings (SSSR count). The second kappa shape index (κ2) is 8.93. The summed E-state index contributed by atoms with van der Waals surface area (Å²) in [5.41, 5.74) is 1.75.